The molecule has 5 rings (SSSR count). The first-order valence-corrected chi connectivity index (χ1v) is 15.1. The number of nitrogens with zero attached hydrogens (tertiary/aromatic N) is 1. The smallest absolute Gasteiger partial charge is 0.339 e. The Balaban J connectivity index is 1.69. The average molecular weight is 630 g/mol. The number of halogens is 2. The summed E-state index contributed by atoms with van der Waals surface area (Å²) in [6.45, 7) is -0.0465. The van der Waals surface area contributed by atoms with Crippen LogP contribution >= 0.6 is 15.9 Å². The minimum Gasteiger partial charge on any atom is -0.465 e. The summed E-state index contributed by atoms with van der Waals surface area (Å²) >= 11 is 3.34. The normalized spacial score (nSPS) is 13.3. The van der Waals surface area contributed by atoms with E-state index in [0.29, 0.717) is 37.8 Å². The van der Waals surface area contributed by atoms with Crippen LogP contribution in [0.5, 0.6) is 0 Å². The molecule has 0 aliphatic heterocycles. The van der Waals surface area contributed by atoms with Crippen molar-refractivity contribution in [2.45, 2.75) is 25.3 Å². The van der Waals surface area contributed by atoms with Gasteiger partial charge in [0.05, 0.1) is 36.7 Å². The molecule has 11 heteroatoms. The lowest BCUT2D eigenvalue weighted by Crippen LogP contribution is -2.30. The summed E-state index contributed by atoms with van der Waals surface area (Å²) in [4.78, 5) is 25.2. The van der Waals surface area contributed by atoms with Crippen LogP contribution in [0, 0.1) is 5.82 Å². The number of esters is 1. The molecule has 1 N–H and O–H groups in total. The van der Waals surface area contributed by atoms with E-state index in [9.17, 15) is 22.4 Å². The maximum Gasteiger partial charge on any atom is 0.339 e. The number of hydrogen-bond acceptors (Lipinski definition) is 6. The molecule has 1 amide bonds. The number of furan rings is 1. The molecule has 0 radical (unpaired) electrons. The number of fused-ring (bicyclic) bond motifs is 1. The second-order valence-electron chi connectivity index (χ2n) is 9.65. The van der Waals surface area contributed by atoms with E-state index in [1.165, 1.54) is 42.7 Å². The van der Waals surface area contributed by atoms with Crippen LogP contribution in [0.25, 0.3) is 22.3 Å². The third-order valence-corrected chi connectivity index (χ3v) is 8.66. The minimum absolute atomic E-state index is 0.0465. The van der Waals surface area contributed by atoms with Crippen molar-refractivity contribution in [1.82, 2.24) is 5.32 Å². The van der Waals surface area contributed by atoms with Gasteiger partial charge in [0.2, 0.25) is 10.0 Å². The van der Waals surface area contributed by atoms with E-state index in [1.807, 2.05) is 6.07 Å². The van der Waals surface area contributed by atoms with E-state index in [1.54, 1.807) is 24.3 Å². The maximum atomic E-state index is 13.6. The summed E-state index contributed by atoms with van der Waals surface area (Å²) in [5, 5.41) is 3.18. The van der Waals surface area contributed by atoms with Gasteiger partial charge >= 0.3 is 5.97 Å². The Labute approximate surface area is 239 Å². The van der Waals surface area contributed by atoms with Gasteiger partial charge in [-0.15, -0.1) is 0 Å². The number of nitrogens with one attached hydrogen (secondary N) is 1. The van der Waals surface area contributed by atoms with Crippen LogP contribution in [0.4, 0.5) is 10.1 Å². The number of ether oxygens (including phenoxy) is 1. The highest BCUT2D eigenvalue weighted by Crippen LogP contribution is 2.48. The van der Waals surface area contributed by atoms with E-state index < -0.39 is 21.8 Å². The van der Waals surface area contributed by atoms with Crippen LogP contribution in [0.15, 0.2) is 63.5 Å². The number of amides is 1. The molecule has 208 valence electrons. The zero-order valence-corrected chi connectivity index (χ0v) is 24.4. The summed E-state index contributed by atoms with van der Waals surface area (Å²) in [6.07, 6.45) is 2.87. The summed E-state index contributed by atoms with van der Waals surface area (Å²) in [6, 6.07) is 14.1. The van der Waals surface area contributed by atoms with Crippen molar-refractivity contribution in [3.05, 3.63) is 87.1 Å². The van der Waals surface area contributed by atoms with Gasteiger partial charge in [-0.05, 0) is 88.3 Å². The third-order valence-electron chi connectivity index (χ3n) is 6.85. The fourth-order valence-corrected chi connectivity index (χ4v) is 6.03. The molecule has 0 unspecified atom stereocenters. The van der Waals surface area contributed by atoms with Crippen LogP contribution in [0.2, 0.25) is 0 Å². The molecule has 0 saturated heterocycles. The number of sulfonamides is 1. The lowest BCUT2D eigenvalue weighted by atomic mass is 10.00. The summed E-state index contributed by atoms with van der Waals surface area (Å²) in [7, 11) is -1.01. The van der Waals surface area contributed by atoms with Crippen molar-refractivity contribution < 1.29 is 31.6 Å². The quantitative estimate of drug-likeness (QED) is 0.240. The number of methoxy groups -OCH3 is 1. The molecule has 0 atom stereocenters. The molecule has 0 bridgehead atoms. The van der Waals surface area contributed by atoms with Crippen molar-refractivity contribution in [3.8, 4) is 11.3 Å². The Kier molecular flexibility index (Phi) is 7.45. The number of benzene rings is 3. The van der Waals surface area contributed by atoms with Gasteiger partial charge < -0.3 is 14.5 Å². The number of rotatable bonds is 8. The molecule has 1 heterocycles. The van der Waals surface area contributed by atoms with Crippen molar-refractivity contribution in [2.24, 2.45) is 0 Å². The number of carbonyl (C=O) groups excluding carboxylic acids is 2. The first-order chi connectivity index (χ1) is 19.0. The number of anilines is 1. The van der Waals surface area contributed by atoms with Gasteiger partial charge in [-0.25, -0.2) is 17.6 Å². The van der Waals surface area contributed by atoms with Gasteiger partial charge in [-0.2, -0.15) is 0 Å². The molecule has 1 fully saturated rings. The predicted octanol–water partition coefficient (Wildman–Crippen LogP) is 5.99. The van der Waals surface area contributed by atoms with Crippen LogP contribution < -0.4 is 9.62 Å². The minimum atomic E-state index is -3.80. The van der Waals surface area contributed by atoms with E-state index in [2.05, 4.69) is 21.2 Å². The monoisotopic (exact) mass is 628 g/mol. The molecule has 1 aliphatic rings. The second-order valence-corrected chi connectivity index (χ2v) is 12.4. The molecule has 8 nitrogen and oxygen atoms in total. The third kappa shape index (κ3) is 5.35. The highest BCUT2D eigenvalue weighted by atomic mass is 79.9. The number of carbonyl (C=O) groups is 2. The van der Waals surface area contributed by atoms with Crippen LogP contribution in [0.3, 0.4) is 0 Å². The fraction of sp³-hybridized carbons (Fsp3) is 0.241. The first-order valence-electron chi connectivity index (χ1n) is 12.4. The largest absolute Gasteiger partial charge is 0.465 e. The second kappa shape index (κ2) is 10.7. The summed E-state index contributed by atoms with van der Waals surface area (Å²) in [5.41, 5.74) is 3.18. The number of hydrogen-bond donors (Lipinski definition) is 1. The zero-order valence-electron chi connectivity index (χ0n) is 22.0. The van der Waals surface area contributed by atoms with Gasteiger partial charge in [-0.1, -0.05) is 6.07 Å². The van der Waals surface area contributed by atoms with E-state index in [-0.39, 0.29) is 29.7 Å². The molecule has 1 aromatic heterocycles. The van der Waals surface area contributed by atoms with E-state index in [4.69, 9.17) is 9.15 Å². The summed E-state index contributed by atoms with van der Waals surface area (Å²) in [5.74, 6) is -0.981. The highest BCUT2D eigenvalue weighted by Gasteiger charge is 2.33. The highest BCUT2D eigenvalue weighted by molar-refractivity contribution is 9.10. The lowest BCUT2D eigenvalue weighted by Gasteiger charge is -2.25. The van der Waals surface area contributed by atoms with Gasteiger partial charge in [-0.3, -0.25) is 9.10 Å². The standard InChI is InChI=1S/C29H26BrFN2O6S/c1-32-28(34)26-22-13-20(17-5-6-17)24(14-25(22)39-27(26)18-7-9-19(31)10-8-18)33(40(3,36)37)15-16-4-11-23(30)21(12-16)29(35)38-2/h4,7-14,17H,5-6,15H2,1-3H3,(H,32,34). The Bertz CT molecular complexity index is 1750. The Hall–Kier alpha value is -3.70. The molecule has 0 spiro atoms. The van der Waals surface area contributed by atoms with Crippen LogP contribution in [0.1, 0.15) is 50.6 Å². The van der Waals surface area contributed by atoms with E-state index >= 15 is 0 Å². The van der Waals surface area contributed by atoms with Crippen molar-refractivity contribution in [2.75, 3.05) is 24.7 Å². The molecular weight excluding hydrogens is 603 g/mol. The Morgan fingerprint density at radius 3 is 2.42 bits per heavy atom. The zero-order chi connectivity index (χ0) is 28.8. The maximum absolute atomic E-state index is 13.6. The van der Waals surface area contributed by atoms with Gasteiger partial charge in [0.25, 0.3) is 5.91 Å². The fourth-order valence-electron chi connectivity index (χ4n) is 4.73. The van der Waals surface area contributed by atoms with Gasteiger partial charge in [0, 0.05) is 28.5 Å². The average Bonchev–Trinajstić information content (AvgIpc) is 3.71. The topological polar surface area (TPSA) is 106 Å². The first kappa shape index (κ1) is 27.9. The molecule has 4 aromatic rings. The molecule has 40 heavy (non-hydrogen) atoms. The predicted molar refractivity (Wildman–Crippen MR) is 153 cm³/mol. The summed E-state index contributed by atoms with van der Waals surface area (Å²) < 4.78 is 52.8. The van der Waals surface area contributed by atoms with Gasteiger partial charge in [0.15, 0.2) is 0 Å². The molecular formula is C29H26BrFN2O6S. The lowest BCUT2D eigenvalue weighted by molar-refractivity contribution is 0.0599. The van der Waals surface area contributed by atoms with Crippen molar-refractivity contribution in [1.29, 1.82) is 0 Å². The molecule has 1 aliphatic carbocycles. The molecule has 1 saturated carbocycles. The van der Waals surface area contributed by atoms with Gasteiger partial charge in [0.1, 0.15) is 17.2 Å². The van der Waals surface area contributed by atoms with Crippen molar-refractivity contribution >= 4 is 54.5 Å². The van der Waals surface area contributed by atoms with Crippen LogP contribution in [-0.2, 0) is 21.3 Å². The van der Waals surface area contributed by atoms with Crippen molar-refractivity contribution in [3.63, 3.8) is 0 Å². The SMILES string of the molecule is CNC(=O)c1c(-c2ccc(F)cc2)oc2cc(N(Cc3ccc(Br)c(C(=O)OC)c3)S(C)(=O)=O)c(C3CC3)cc12. The van der Waals surface area contributed by atoms with Crippen LogP contribution in [-0.4, -0.2) is 40.7 Å². The Morgan fingerprint density at radius 1 is 1.12 bits per heavy atom. The molecule has 3 aromatic carbocycles. The Morgan fingerprint density at radius 2 is 1.82 bits per heavy atom. The van der Waals surface area contributed by atoms with E-state index in [0.717, 1.165) is 24.7 Å².